The van der Waals surface area contributed by atoms with Crippen molar-refractivity contribution in [2.75, 3.05) is 19.6 Å². The zero-order valence-electron chi connectivity index (χ0n) is 14.0. The lowest BCUT2D eigenvalue weighted by atomic mass is 10.0. The van der Waals surface area contributed by atoms with Gasteiger partial charge in [-0.1, -0.05) is 44.9 Å². The Labute approximate surface area is 129 Å². The third kappa shape index (κ3) is 6.15. The van der Waals surface area contributed by atoms with Crippen LogP contribution in [0.15, 0.2) is 24.3 Å². The number of rotatable bonds is 10. The van der Waals surface area contributed by atoms with E-state index < -0.39 is 0 Å². The number of benzene rings is 1. The maximum atomic E-state index is 14.1. The molecule has 1 aromatic rings. The monoisotopic (exact) mass is 294 g/mol. The molecule has 0 saturated heterocycles. The van der Waals surface area contributed by atoms with Gasteiger partial charge in [-0.3, -0.25) is 4.90 Å². The summed E-state index contributed by atoms with van der Waals surface area (Å²) >= 11 is 0. The molecule has 3 heteroatoms. The number of halogens is 1. The molecule has 0 aromatic heterocycles. The molecule has 1 unspecified atom stereocenters. The molecule has 0 aliphatic heterocycles. The van der Waals surface area contributed by atoms with Crippen molar-refractivity contribution in [3.8, 4) is 0 Å². The minimum Gasteiger partial charge on any atom is -0.309 e. The van der Waals surface area contributed by atoms with E-state index in [9.17, 15) is 4.39 Å². The molecule has 0 saturated carbocycles. The second-order valence-corrected chi connectivity index (χ2v) is 5.93. The fraction of sp³-hybridized carbons (Fsp3) is 0.667. The molecule has 0 radical (unpaired) electrons. The summed E-state index contributed by atoms with van der Waals surface area (Å²) in [6, 6.07) is 7.65. The van der Waals surface area contributed by atoms with Crippen molar-refractivity contribution >= 4 is 0 Å². The van der Waals surface area contributed by atoms with Gasteiger partial charge >= 0.3 is 0 Å². The third-order valence-corrected chi connectivity index (χ3v) is 3.93. The zero-order valence-corrected chi connectivity index (χ0v) is 14.0. The van der Waals surface area contributed by atoms with E-state index >= 15 is 0 Å². The standard InChI is InChI=1S/C18H31FN2/c1-5-7-10-13-21(15(3)4)14-18(20-6-2)16-11-8-9-12-17(16)19/h8-9,11-12,15,18,20H,5-7,10,13-14H2,1-4H3. The van der Waals surface area contributed by atoms with Crippen LogP contribution >= 0.6 is 0 Å². The molecule has 0 aliphatic rings. The van der Waals surface area contributed by atoms with Crippen LogP contribution in [0.25, 0.3) is 0 Å². The lowest BCUT2D eigenvalue weighted by Gasteiger charge is -2.31. The van der Waals surface area contributed by atoms with Crippen molar-refractivity contribution in [1.29, 1.82) is 0 Å². The normalized spacial score (nSPS) is 13.1. The molecule has 0 amide bonds. The highest BCUT2D eigenvalue weighted by atomic mass is 19.1. The van der Waals surface area contributed by atoms with Crippen molar-refractivity contribution < 1.29 is 4.39 Å². The Morgan fingerprint density at radius 2 is 1.86 bits per heavy atom. The highest BCUT2D eigenvalue weighted by Crippen LogP contribution is 2.19. The van der Waals surface area contributed by atoms with E-state index in [0.29, 0.717) is 6.04 Å². The first-order valence-corrected chi connectivity index (χ1v) is 8.32. The summed E-state index contributed by atoms with van der Waals surface area (Å²) in [6.07, 6.45) is 3.70. The zero-order chi connectivity index (χ0) is 15.7. The van der Waals surface area contributed by atoms with Gasteiger partial charge in [0.05, 0.1) is 0 Å². The van der Waals surface area contributed by atoms with Crippen molar-refractivity contribution in [3.63, 3.8) is 0 Å². The van der Waals surface area contributed by atoms with Gasteiger partial charge in [0.1, 0.15) is 5.82 Å². The average molecular weight is 294 g/mol. The molecule has 1 atom stereocenters. The van der Waals surface area contributed by atoms with Crippen LogP contribution in [0.1, 0.15) is 58.6 Å². The van der Waals surface area contributed by atoms with E-state index in [2.05, 4.69) is 37.9 Å². The van der Waals surface area contributed by atoms with Gasteiger partial charge in [0.25, 0.3) is 0 Å². The number of likely N-dealkylation sites (N-methyl/N-ethyl adjacent to an activating group) is 1. The van der Waals surface area contributed by atoms with Crippen LogP contribution in [-0.2, 0) is 0 Å². The van der Waals surface area contributed by atoms with Crippen molar-refractivity contribution in [3.05, 3.63) is 35.6 Å². The summed E-state index contributed by atoms with van der Waals surface area (Å²) in [5, 5.41) is 3.43. The van der Waals surface area contributed by atoms with E-state index in [-0.39, 0.29) is 11.9 Å². The minimum absolute atomic E-state index is 0.0558. The van der Waals surface area contributed by atoms with Crippen LogP contribution in [0.3, 0.4) is 0 Å². The molecule has 1 N–H and O–H groups in total. The quantitative estimate of drug-likeness (QED) is 0.644. The molecule has 2 nitrogen and oxygen atoms in total. The molecule has 0 fully saturated rings. The van der Waals surface area contributed by atoms with Crippen molar-refractivity contribution in [1.82, 2.24) is 10.2 Å². The topological polar surface area (TPSA) is 15.3 Å². The summed E-state index contributed by atoms with van der Waals surface area (Å²) in [7, 11) is 0. The third-order valence-electron chi connectivity index (χ3n) is 3.93. The van der Waals surface area contributed by atoms with Gasteiger partial charge in [0.15, 0.2) is 0 Å². The molecule has 1 rings (SSSR count). The van der Waals surface area contributed by atoms with Gasteiger partial charge in [0.2, 0.25) is 0 Å². The molecule has 0 bridgehead atoms. The minimum atomic E-state index is -0.110. The molecule has 0 aliphatic carbocycles. The maximum absolute atomic E-state index is 14.1. The summed E-state index contributed by atoms with van der Waals surface area (Å²) in [6.45, 7) is 11.5. The smallest absolute Gasteiger partial charge is 0.128 e. The summed E-state index contributed by atoms with van der Waals surface area (Å²) in [5.74, 6) is -0.110. The molecule has 0 heterocycles. The lowest BCUT2D eigenvalue weighted by molar-refractivity contribution is 0.193. The van der Waals surface area contributed by atoms with Crippen molar-refractivity contribution in [2.45, 2.75) is 59.0 Å². The SMILES string of the molecule is CCCCCN(CC(NCC)c1ccccc1F)C(C)C. The lowest BCUT2D eigenvalue weighted by Crippen LogP contribution is -2.40. The predicted octanol–water partition coefficient (Wildman–Crippen LogP) is 4.38. The maximum Gasteiger partial charge on any atom is 0.128 e. The Morgan fingerprint density at radius 1 is 1.14 bits per heavy atom. The molecule has 0 spiro atoms. The molecular weight excluding hydrogens is 263 g/mol. The molecule has 120 valence electrons. The fourth-order valence-corrected chi connectivity index (χ4v) is 2.64. The van der Waals surface area contributed by atoms with E-state index in [1.54, 1.807) is 12.1 Å². The van der Waals surface area contributed by atoms with Gasteiger partial charge in [-0.05, 0) is 39.4 Å². The van der Waals surface area contributed by atoms with Crippen LogP contribution in [0.2, 0.25) is 0 Å². The van der Waals surface area contributed by atoms with E-state index in [0.717, 1.165) is 25.2 Å². The van der Waals surface area contributed by atoms with Gasteiger partial charge in [-0.2, -0.15) is 0 Å². The summed E-state index contributed by atoms with van der Waals surface area (Å²) in [5.41, 5.74) is 0.778. The first-order chi connectivity index (χ1) is 10.1. The highest BCUT2D eigenvalue weighted by Gasteiger charge is 2.19. The number of unbranched alkanes of at least 4 members (excludes halogenated alkanes) is 2. The van der Waals surface area contributed by atoms with Gasteiger partial charge in [-0.25, -0.2) is 4.39 Å². The van der Waals surface area contributed by atoms with Crippen molar-refractivity contribution in [2.24, 2.45) is 0 Å². The first kappa shape index (κ1) is 18.1. The Bertz CT molecular complexity index is 393. The highest BCUT2D eigenvalue weighted by molar-refractivity contribution is 5.21. The van der Waals surface area contributed by atoms with Crippen LogP contribution in [0.4, 0.5) is 4.39 Å². The Hall–Kier alpha value is -0.930. The van der Waals surface area contributed by atoms with E-state index in [1.807, 2.05) is 12.1 Å². The second-order valence-electron chi connectivity index (χ2n) is 5.93. The van der Waals surface area contributed by atoms with Crippen LogP contribution in [0.5, 0.6) is 0 Å². The van der Waals surface area contributed by atoms with Crippen LogP contribution in [0, 0.1) is 5.82 Å². The predicted molar refractivity (Wildman–Crippen MR) is 89.1 cm³/mol. The van der Waals surface area contributed by atoms with Crippen LogP contribution < -0.4 is 5.32 Å². The van der Waals surface area contributed by atoms with Gasteiger partial charge in [-0.15, -0.1) is 0 Å². The number of hydrogen-bond donors (Lipinski definition) is 1. The second kappa shape index (κ2) is 9.91. The van der Waals surface area contributed by atoms with Gasteiger partial charge < -0.3 is 5.32 Å². The number of nitrogens with zero attached hydrogens (tertiary/aromatic N) is 1. The fourth-order valence-electron chi connectivity index (χ4n) is 2.64. The van der Waals surface area contributed by atoms with Crippen LogP contribution in [-0.4, -0.2) is 30.6 Å². The Morgan fingerprint density at radius 3 is 2.43 bits per heavy atom. The summed E-state index contributed by atoms with van der Waals surface area (Å²) < 4.78 is 14.1. The Kier molecular flexibility index (Phi) is 8.55. The van der Waals surface area contributed by atoms with E-state index in [4.69, 9.17) is 0 Å². The summed E-state index contributed by atoms with van der Waals surface area (Å²) in [4.78, 5) is 2.45. The first-order valence-electron chi connectivity index (χ1n) is 8.32. The number of nitrogens with one attached hydrogen (secondary N) is 1. The van der Waals surface area contributed by atoms with E-state index in [1.165, 1.54) is 19.3 Å². The number of hydrogen-bond acceptors (Lipinski definition) is 2. The molecule has 21 heavy (non-hydrogen) atoms. The molecule has 1 aromatic carbocycles. The Balaban J connectivity index is 2.77. The average Bonchev–Trinajstić information content (AvgIpc) is 2.46. The molecular formula is C18H31FN2. The van der Waals surface area contributed by atoms with Gasteiger partial charge in [0, 0.05) is 24.2 Å². The largest absolute Gasteiger partial charge is 0.309 e.